The normalized spacial score (nSPS) is 19.3. The van der Waals surface area contributed by atoms with E-state index >= 15 is 0 Å². The highest BCUT2D eigenvalue weighted by atomic mass is 32.2. The predicted octanol–water partition coefficient (Wildman–Crippen LogP) is 4.24. The van der Waals surface area contributed by atoms with Gasteiger partial charge in [-0.25, -0.2) is 10.4 Å². The van der Waals surface area contributed by atoms with Crippen LogP contribution < -0.4 is 5.43 Å². The number of aromatic nitrogens is 1. The lowest BCUT2D eigenvalue weighted by atomic mass is 9.96. The number of benzene rings is 1. The van der Waals surface area contributed by atoms with E-state index in [0.717, 1.165) is 33.8 Å². The maximum atomic E-state index is 12.1. The first-order valence-corrected chi connectivity index (χ1v) is 9.42. The Bertz CT molecular complexity index is 705. The van der Waals surface area contributed by atoms with Gasteiger partial charge in [0.25, 0.3) is 5.91 Å². The van der Waals surface area contributed by atoms with Gasteiger partial charge < -0.3 is 0 Å². The molecule has 3 rings (SSSR count). The summed E-state index contributed by atoms with van der Waals surface area (Å²) in [5.74, 6) is 0.351. The van der Waals surface area contributed by atoms with Gasteiger partial charge in [-0.05, 0) is 44.2 Å². The predicted molar refractivity (Wildman–Crippen MR) is 98.1 cm³/mol. The second-order valence-corrected chi connectivity index (χ2v) is 8.12. The molecule has 1 aliphatic carbocycles. The van der Waals surface area contributed by atoms with Crippen LogP contribution in [0.5, 0.6) is 0 Å². The zero-order valence-electron chi connectivity index (χ0n) is 12.9. The van der Waals surface area contributed by atoms with Crippen LogP contribution in [0.25, 0.3) is 10.2 Å². The summed E-state index contributed by atoms with van der Waals surface area (Å²) in [6, 6.07) is 8.01. The first kappa shape index (κ1) is 16.2. The molecule has 1 N–H and O–H groups in total. The number of para-hydroxylation sites is 1. The van der Waals surface area contributed by atoms with Crippen molar-refractivity contribution < 1.29 is 4.79 Å². The summed E-state index contributed by atoms with van der Waals surface area (Å²) < 4.78 is 2.06. The average molecular weight is 345 g/mol. The van der Waals surface area contributed by atoms with E-state index in [1.54, 1.807) is 11.3 Å². The Labute approximate surface area is 144 Å². The van der Waals surface area contributed by atoms with Crippen LogP contribution >= 0.6 is 23.1 Å². The lowest BCUT2D eigenvalue weighted by molar-refractivity contribution is -0.120. The van der Waals surface area contributed by atoms with Crippen LogP contribution in [0.4, 0.5) is 0 Å². The van der Waals surface area contributed by atoms with Gasteiger partial charge in [-0.1, -0.05) is 36.0 Å². The third kappa shape index (κ3) is 4.42. The van der Waals surface area contributed by atoms with Crippen LogP contribution in [-0.4, -0.2) is 22.4 Å². The number of allylic oxidation sites excluding steroid dienone is 2. The monoisotopic (exact) mass is 345 g/mol. The molecule has 0 saturated carbocycles. The van der Waals surface area contributed by atoms with Gasteiger partial charge in [0, 0.05) is 6.21 Å². The van der Waals surface area contributed by atoms with Gasteiger partial charge in [0.05, 0.1) is 15.5 Å². The number of carbonyl (C=O) groups is 1. The molecule has 0 bridgehead atoms. The van der Waals surface area contributed by atoms with Crippen molar-refractivity contribution in [1.29, 1.82) is 0 Å². The fraction of sp³-hybridized carbons (Fsp3) is 0.353. The van der Waals surface area contributed by atoms with Crippen molar-refractivity contribution in [3.63, 3.8) is 0 Å². The molecule has 0 aliphatic heterocycles. The molecule has 0 radical (unpaired) electrons. The molecule has 0 unspecified atom stereocenters. The maximum Gasteiger partial charge on any atom is 0.253 e. The lowest BCUT2D eigenvalue weighted by Gasteiger charge is -2.12. The van der Waals surface area contributed by atoms with Crippen molar-refractivity contribution in [1.82, 2.24) is 10.4 Å². The van der Waals surface area contributed by atoms with E-state index in [4.69, 9.17) is 0 Å². The molecule has 1 aliphatic rings. The third-order valence-corrected chi connectivity index (χ3v) is 5.92. The summed E-state index contributed by atoms with van der Waals surface area (Å²) >= 11 is 3.09. The number of nitrogens with one attached hydrogen (secondary N) is 1. The van der Waals surface area contributed by atoms with E-state index in [-0.39, 0.29) is 11.2 Å². The molecule has 1 heterocycles. The van der Waals surface area contributed by atoms with Gasteiger partial charge in [0.15, 0.2) is 4.34 Å². The zero-order valence-corrected chi connectivity index (χ0v) is 14.6. The quantitative estimate of drug-likeness (QED) is 0.382. The van der Waals surface area contributed by atoms with Crippen molar-refractivity contribution in [3.05, 3.63) is 36.4 Å². The van der Waals surface area contributed by atoms with E-state index in [0.29, 0.717) is 5.92 Å². The molecule has 4 nitrogen and oxygen atoms in total. The fourth-order valence-corrected chi connectivity index (χ4v) is 4.56. The number of fused-ring (bicyclic) bond motifs is 1. The molecule has 0 saturated heterocycles. The molecular weight excluding hydrogens is 326 g/mol. The minimum Gasteiger partial charge on any atom is -0.272 e. The fourth-order valence-electron chi connectivity index (χ4n) is 2.36. The molecule has 120 valence electrons. The number of amides is 1. The molecule has 0 spiro atoms. The number of thioether (sulfide) groups is 1. The Hall–Kier alpha value is -1.66. The van der Waals surface area contributed by atoms with Gasteiger partial charge in [-0.3, -0.25) is 4.79 Å². The average Bonchev–Trinajstić information content (AvgIpc) is 2.98. The Morgan fingerprint density at radius 1 is 1.48 bits per heavy atom. The zero-order chi connectivity index (χ0) is 16.1. The highest BCUT2D eigenvalue weighted by Crippen LogP contribution is 2.31. The number of hydrazone groups is 1. The van der Waals surface area contributed by atoms with Crippen LogP contribution in [0.2, 0.25) is 0 Å². The van der Waals surface area contributed by atoms with Gasteiger partial charge in [0.2, 0.25) is 0 Å². The largest absolute Gasteiger partial charge is 0.272 e. The summed E-state index contributed by atoms with van der Waals surface area (Å²) in [4.78, 5) is 16.7. The van der Waals surface area contributed by atoms with Crippen LogP contribution in [-0.2, 0) is 4.79 Å². The molecule has 23 heavy (non-hydrogen) atoms. The van der Waals surface area contributed by atoms with E-state index < -0.39 is 0 Å². The minimum atomic E-state index is -0.223. The smallest absolute Gasteiger partial charge is 0.253 e. The number of hydrogen-bond acceptors (Lipinski definition) is 5. The lowest BCUT2D eigenvalue weighted by Crippen LogP contribution is -2.27. The summed E-state index contributed by atoms with van der Waals surface area (Å²) in [6.45, 7) is 1.88. The number of hydrogen-bond donors (Lipinski definition) is 1. The van der Waals surface area contributed by atoms with Gasteiger partial charge in [-0.15, -0.1) is 11.3 Å². The van der Waals surface area contributed by atoms with Gasteiger partial charge in [-0.2, -0.15) is 5.10 Å². The minimum absolute atomic E-state index is 0.0862. The highest BCUT2D eigenvalue weighted by Gasteiger charge is 2.16. The topological polar surface area (TPSA) is 54.4 Å². The third-order valence-electron chi connectivity index (χ3n) is 3.69. The standard InChI is InChI=1S/C17H19N3OS2/c1-12(16(21)20-18-11-13-7-3-2-4-8-13)22-17-19-14-9-5-6-10-15(14)23-17/h2-3,5-6,9-13H,4,7-8H2,1H3,(H,20,21)/b18-11-/t12-,13-/m1/s1. The first-order chi connectivity index (χ1) is 11.2. The van der Waals surface area contributed by atoms with Crippen molar-refractivity contribution in [2.24, 2.45) is 11.0 Å². The molecule has 1 aromatic heterocycles. The Balaban J connectivity index is 1.52. The first-order valence-electron chi connectivity index (χ1n) is 7.72. The van der Waals surface area contributed by atoms with E-state index in [1.807, 2.05) is 37.4 Å². The number of rotatable bonds is 5. The summed E-state index contributed by atoms with van der Waals surface area (Å²) in [5, 5.41) is 3.89. The maximum absolute atomic E-state index is 12.1. The SMILES string of the molecule is C[C@@H](Sc1nc2ccccc2s1)C(=O)N/N=C\[C@@H]1CC=CCC1. The molecule has 1 amide bonds. The summed E-state index contributed by atoms with van der Waals surface area (Å²) in [5.41, 5.74) is 3.63. The number of nitrogens with zero attached hydrogens (tertiary/aromatic N) is 2. The summed E-state index contributed by atoms with van der Waals surface area (Å²) in [7, 11) is 0. The molecule has 0 fully saturated rings. The number of carbonyl (C=O) groups excluding carboxylic acids is 1. The van der Waals surface area contributed by atoms with Crippen molar-refractivity contribution in [2.75, 3.05) is 0 Å². The van der Waals surface area contributed by atoms with Gasteiger partial charge in [0.1, 0.15) is 0 Å². The van der Waals surface area contributed by atoms with Crippen molar-refractivity contribution in [2.45, 2.75) is 35.8 Å². The van der Waals surface area contributed by atoms with Crippen LogP contribution in [0.1, 0.15) is 26.2 Å². The van der Waals surface area contributed by atoms with Crippen LogP contribution in [0.15, 0.2) is 45.9 Å². The second kappa shape index (κ2) is 7.75. The molecule has 2 aromatic rings. The Morgan fingerprint density at radius 2 is 2.35 bits per heavy atom. The van der Waals surface area contributed by atoms with Crippen molar-refractivity contribution in [3.8, 4) is 0 Å². The Kier molecular flexibility index (Phi) is 5.46. The molecule has 2 atom stereocenters. The Morgan fingerprint density at radius 3 is 3.13 bits per heavy atom. The summed E-state index contributed by atoms with van der Waals surface area (Å²) in [6.07, 6.45) is 9.43. The van der Waals surface area contributed by atoms with E-state index in [9.17, 15) is 4.79 Å². The molecule has 6 heteroatoms. The van der Waals surface area contributed by atoms with Crippen LogP contribution in [0.3, 0.4) is 0 Å². The van der Waals surface area contributed by atoms with E-state index in [1.165, 1.54) is 11.8 Å². The van der Waals surface area contributed by atoms with E-state index in [2.05, 4.69) is 27.7 Å². The number of thiazole rings is 1. The second-order valence-electron chi connectivity index (χ2n) is 5.51. The highest BCUT2D eigenvalue weighted by molar-refractivity contribution is 8.02. The molecule has 1 aromatic carbocycles. The van der Waals surface area contributed by atoms with Gasteiger partial charge >= 0.3 is 0 Å². The van der Waals surface area contributed by atoms with Crippen LogP contribution in [0, 0.1) is 5.92 Å². The molecular formula is C17H19N3OS2. The van der Waals surface area contributed by atoms with Crippen molar-refractivity contribution >= 4 is 45.4 Å².